The van der Waals surface area contributed by atoms with Gasteiger partial charge in [0.2, 0.25) is 0 Å². The van der Waals surface area contributed by atoms with Crippen molar-refractivity contribution in [2.75, 3.05) is 0 Å². The minimum absolute atomic E-state index is 0.601. The molecular formula is C7H3N2O6-. The molecule has 0 atom stereocenters. The zero-order valence-corrected chi connectivity index (χ0v) is 7.08. The molecule has 0 aliphatic heterocycles. The van der Waals surface area contributed by atoms with Gasteiger partial charge in [-0.3, -0.25) is 20.2 Å². The Kier molecular flexibility index (Phi) is 2.61. The largest absolute Gasteiger partial charge is 0.545 e. The maximum Gasteiger partial charge on any atom is 0.276 e. The number of aromatic carboxylic acids is 1. The SMILES string of the molecule is O=C([O-])c1cc([N+](=O)[O-])cc([N+](=O)[O-])c1. The second kappa shape index (κ2) is 3.70. The van der Waals surface area contributed by atoms with Crippen LogP contribution in [-0.2, 0) is 0 Å². The molecule has 0 heterocycles. The second-order valence-electron chi connectivity index (χ2n) is 2.54. The summed E-state index contributed by atoms with van der Waals surface area (Å²) in [7, 11) is 0. The number of nitro groups is 2. The molecule has 1 aromatic rings. The Morgan fingerprint density at radius 3 is 1.67 bits per heavy atom. The van der Waals surface area contributed by atoms with Crippen LogP contribution in [0.2, 0.25) is 0 Å². The first-order valence-electron chi connectivity index (χ1n) is 3.57. The van der Waals surface area contributed by atoms with E-state index >= 15 is 0 Å². The molecule has 0 aliphatic rings. The zero-order chi connectivity index (χ0) is 11.6. The predicted octanol–water partition coefficient (Wildman–Crippen LogP) is -0.134. The van der Waals surface area contributed by atoms with Gasteiger partial charge in [0.1, 0.15) is 0 Å². The van der Waals surface area contributed by atoms with E-state index < -0.39 is 32.8 Å². The van der Waals surface area contributed by atoms with Gasteiger partial charge in [-0.2, -0.15) is 0 Å². The number of hydrogen-bond donors (Lipinski definition) is 0. The highest BCUT2D eigenvalue weighted by molar-refractivity contribution is 5.87. The van der Waals surface area contributed by atoms with Crippen LogP contribution >= 0.6 is 0 Å². The van der Waals surface area contributed by atoms with Crippen molar-refractivity contribution in [2.45, 2.75) is 0 Å². The van der Waals surface area contributed by atoms with Gasteiger partial charge >= 0.3 is 0 Å². The van der Waals surface area contributed by atoms with E-state index in [1.165, 1.54) is 0 Å². The lowest BCUT2D eigenvalue weighted by Gasteiger charge is -2.01. The molecule has 0 fully saturated rings. The number of non-ortho nitro benzene ring substituents is 2. The van der Waals surface area contributed by atoms with Crippen molar-refractivity contribution in [3.63, 3.8) is 0 Å². The van der Waals surface area contributed by atoms with Gasteiger partial charge in [-0.25, -0.2) is 0 Å². The molecule has 0 radical (unpaired) electrons. The van der Waals surface area contributed by atoms with E-state index in [2.05, 4.69) is 0 Å². The highest BCUT2D eigenvalue weighted by atomic mass is 16.6. The van der Waals surface area contributed by atoms with E-state index in [1.807, 2.05) is 0 Å². The molecule has 0 spiro atoms. The van der Waals surface area contributed by atoms with Crippen LogP contribution in [0.1, 0.15) is 10.4 Å². The van der Waals surface area contributed by atoms with E-state index in [9.17, 15) is 30.1 Å². The maximum absolute atomic E-state index is 10.4. The molecule has 0 amide bonds. The smallest absolute Gasteiger partial charge is 0.276 e. The maximum atomic E-state index is 10.4. The first kappa shape index (κ1) is 10.6. The van der Waals surface area contributed by atoms with Crippen LogP contribution in [0.25, 0.3) is 0 Å². The van der Waals surface area contributed by atoms with Crippen LogP contribution in [0.3, 0.4) is 0 Å². The normalized spacial score (nSPS) is 9.60. The molecule has 1 rings (SSSR count). The molecule has 78 valence electrons. The first-order chi connectivity index (χ1) is 6.91. The Balaban J connectivity index is 3.39. The monoisotopic (exact) mass is 211 g/mol. The molecule has 0 aromatic heterocycles. The van der Waals surface area contributed by atoms with E-state index in [0.717, 1.165) is 0 Å². The fourth-order valence-electron chi connectivity index (χ4n) is 0.924. The van der Waals surface area contributed by atoms with Gasteiger partial charge in [0.15, 0.2) is 0 Å². The van der Waals surface area contributed by atoms with Crippen molar-refractivity contribution in [2.24, 2.45) is 0 Å². The fraction of sp³-hybridized carbons (Fsp3) is 0. The number of nitro benzene ring substituents is 2. The molecule has 0 unspecified atom stereocenters. The molecule has 0 N–H and O–H groups in total. The molecule has 0 saturated heterocycles. The number of carbonyl (C=O) groups excluding carboxylic acids is 1. The third-order valence-corrected chi connectivity index (χ3v) is 1.56. The van der Waals surface area contributed by atoms with Crippen molar-refractivity contribution in [3.05, 3.63) is 44.0 Å². The van der Waals surface area contributed by atoms with Crippen LogP contribution in [-0.4, -0.2) is 15.8 Å². The molecule has 1 aromatic carbocycles. The lowest BCUT2D eigenvalue weighted by Crippen LogP contribution is -2.22. The summed E-state index contributed by atoms with van der Waals surface area (Å²) in [6.45, 7) is 0. The van der Waals surface area contributed by atoms with Gasteiger partial charge in [0, 0.05) is 17.7 Å². The summed E-state index contributed by atoms with van der Waals surface area (Å²) in [4.78, 5) is 29.2. The quantitative estimate of drug-likeness (QED) is 0.505. The Hall–Kier alpha value is -2.51. The third kappa shape index (κ3) is 2.24. The van der Waals surface area contributed by atoms with Crippen molar-refractivity contribution >= 4 is 17.3 Å². The summed E-state index contributed by atoms with van der Waals surface area (Å²) in [5.41, 5.74) is -1.93. The van der Waals surface area contributed by atoms with Crippen LogP contribution in [0.5, 0.6) is 0 Å². The van der Waals surface area contributed by atoms with Crippen molar-refractivity contribution < 1.29 is 19.7 Å². The van der Waals surface area contributed by atoms with E-state index in [-0.39, 0.29) is 0 Å². The Morgan fingerprint density at radius 2 is 1.40 bits per heavy atom. The van der Waals surface area contributed by atoms with Crippen molar-refractivity contribution in [1.29, 1.82) is 0 Å². The van der Waals surface area contributed by atoms with Crippen molar-refractivity contribution in [1.82, 2.24) is 0 Å². The zero-order valence-electron chi connectivity index (χ0n) is 7.08. The molecule has 0 saturated carbocycles. The second-order valence-corrected chi connectivity index (χ2v) is 2.54. The highest BCUT2D eigenvalue weighted by Gasteiger charge is 2.16. The first-order valence-corrected chi connectivity index (χ1v) is 3.57. The number of benzene rings is 1. The number of carbonyl (C=O) groups is 1. The van der Waals surface area contributed by atoms with Crippen molar-refractivity contribution in [3.8, 4) is 0 Å². The summed E-state index contributed by atoms with van der Waals surface area (Å²) in [6, 6.07) is 2.07. The van der Waals surface area contributed by atoms with Gasteiger partial charge in [-0.05, 0) is 0 Å². The van der Waals surface area contributed by atoms with Crippen LogP contribution < -0.4 is 5.11 Å². The summed E-state index contributed by atoms with van der Waals surface area (Å²) >= 11 is 0. The Morgan fingerprint density at radius 1 is 1.00 bits per heavy atom. The van der Waals surface area contributed by atoms with Crippen LogP contribution in [0.4, 0.5) is 11.4 Å². The standard InChI is InChI=1S/C7H4N2O6/c10-7(11)4-1-5(8(12)13)3-6(2-4)9(14)15/h1-3H,(H,10,11)/p-1. The Bertz CT molecular complexity index is 376. The molecule has 0 bridgehead atoms. The summed E-state index contributed by atoms with van der Waals surface area (Å²) in [5.74, 6) is -1.71. The van der Waals surface area contributed by atoms with Gasteiger partial charge in [0.25, 0.3) is 11.4 Å². The van der Waals surface area contributed by atoms with Gasteiger partial charge in [-0.15, -0.1) is 0 Å². The van der Waals surface area contributed by atoms with E-state index in [1.54, 1.807) is 0 Å². The van der Waals surface area contributed by atoms with Gasteiger partial charge < -0.3 is 9.90 Å². The third-order valence-electron chi connectivity index (χ3n) is 1.56. The fourth-order valence-corrected chi connectivity index (χ4v) is 0.924. The molecule has 8 heteroatoms. The lowest BCUT2D eigenvalue weighted by molar-refractivity contribution is -0.394. The Labute approximate surface area is 82.1 Å². The lowest BCUT2D eigenvalue weighted by atomic mass is 10.2. The molecule has 0 aliphatic carbocycles. The highest BCUT2D eigenvalue weighted by Crippen LogP contribution is 2.22. The number of carboxylic acids is 1. The summed E-state index contributed by atoms with van der Waals surface area (Å²) in [5, 5.41) is 31.0. The topological polar surface area (TPSA) is 126 Å². The predicted molar refractivity (Wildman–Crippen MR) is 44.1 cm³/mol. The van der Waals surface area contributed by atoms with Gasteiger partial charge in [-0.1, -0.05) is 0 Å². The number of rotatable bonds is 3. The number of hydrogen-bond acceptors (Lipinski definition) is 6. The number of nitrogens with zero attached hydrogens (tertiary/aromatic N) is 2. The minimum Gasteiger partial charge on any atom is -0.545 e. The van der Waals surface area contributed by atoms with E-state index in [4.69, 9.17) is 0 Å². The van der Waals surface area contributed by atoms with Gasteiger partial charge in [0.05, 0.1) is 21.9 Å². The van der Waals surface area contributed by atoms with Crippen LogP contribution in [0, 0.1) is 20.2 Å². The molecular weight excluding hydrogens is 208 g/mol. The average molecular weight is 211 g/mol. The molecule has 15 heavy (non-hydrogen) atoms. The average Bonchev–Trinajstić information content (AvgIpc) is 2.16. The minimum atomic E-state index is -1.71. The summed E-state index contributed by atoms with van der Waals surface area (Å²) < 4.78 is 0. The van der Waals surface area contributed by atoms with Crippen LogP contribution in [0.15, 0.2) is 18.2 Å². The molecule has 8 nitrogen and oxygen atoms in total. The van der Waals surface area contributed by atoms with E-state index in [0.29, 0.717) is 18.2 Å². The number of carboxylic acid groups (broad SMARTS) is 1. The summed E-state index contributed by atoms with van der Waals surface area (Å²) in [6.07, 6.45) is 0.